The quantitative estimate of drug-likeness (QED) is 0.647. The lowest BCUT2D eigenvalue weighted by Crippen LogP contribution is -2.49. The highest BCUT2D eigenvalue weighted by Gasteiger charge is 2.45. The van der Waals surface area contributed by atoms with Crippen LogP contribution in [0.25, 0.3) is 22.2 Å². The highest BCUT2D eigenvalue weighted by atomic mass is 16.5. The van der Waals surface area contributed by atoms with Gasteiger partial charge in [-0.05, 0) is 49.9 Å². The molecule has 1 atom stereocenters. The molecule has 1 saturated heterocycles. The molecule has 0 bridgehead atoms. The normalized spacial score (nSPS) is 19.2. The predicted molar refractivity (Wildman–Crippen MR) is 107 cm³/mol. The van der Waals surface area contributed by atoms with Crippen molar-refractivity contribution in [2.75, 3.05) is 18.6 Å². The monoisotopic (exact) mass is 378 g/mol. The number of carbonyl (C=O) groups is 1. The van der Waals surface area contributed by atoms with E-state index in [0.29, 0.717) is 18.8 Å². The maximum Gasteiger partial charge on any atom is 0.338 e. The van der Waals surface area contributed by atoms with E-state index in [4.69, 9.17) is 9.15 Å². The Kier molecular flexibility index (Phi) is 4.41. The zero-order valence-corrected chi connectivity index (χ0v) is 16.2. The van der Waals surface area contributed by atoms with Crippen LogP contribution in [0.2, 0.25) is 0 Å². The lowest BCUT2D eigenvalue weighted by atomic mass is 9.98. The van der Waals surface area contributed by atoms with Crippen molar-refractivity contribution in [3.63, 3.8) is 0 Å². The summed E-state index contributed by atoms with van der Waals surface area (Å²) in [6, 6.07) is 13.2. The summed E-state index contributed by atoms with van der Waals surface area (Å²) in [5, 5.41) is 0.761. The van der Waals surface area contributed by atoms with Gasteiger partial charge in [0.05, 0.1) is 7.11 Å². The Morgan fingerprint density at radius 1 is 1.21 bits per heavy atom. The molecule has 1 aromatic carbocycles. The zero-order chi connectivity index (χ0) is 19.9. The summed E-state index contributed by atoms with van der Waals surface area (Å²) in [4.78, 5) is 31.1. The van der Waals surface area contributed by atoms with Crippen LogP contribution in [0, 0.1) is 6.92 Å². The number of aromatic nitrogens is 1. The first kappa shape index (κ1) is 18.2. The van der Waals surface area contributed by atoms with Gasteiger partial charge in [0, 0.05) is 23.6 Å². The van der Waals surface area contributed by atoms with E-state index >= 15 is 0 Å². The molecule has 0 spiro atoms. The minimum Gasteiger partial charge on any atom is -0.467 e. The molecular weight excluding hydrogens is 356 g/mol. The molecule has 1 aliphatic heterocycles. The minimum atomic E-state index is -0.774. The highest BCUT2D eigenvalue weighted by molar-refractivity contribution is 5.93. The topological polar surface area (TPSA) is 72.6 Å². The molecule has 3 heterocycles. The van der Waals surface area contributed by atoms with Gasteiger partial charge in [-0.25, -0.2) is 9.59 Å². The van der Waals surface area contributed by atoms with E-state index in [0.717, 1.165) is 28.5 Å². The molecule has 0 radical (unpaired) electrons. The molecule has 6 nitrogen and oxygen atoms in total. The van der Waals surface area contributed by atoms with Crippen LogP contribution in [0.15, 0.2) is 51.7 Å². The van der Waals surface area contributed by atoms with Gasteiger partial charge in [0.15, 0.2) is 0 Å². The molecule has 1 aliphatic rings. The molecule has 4 rings (SSSR count). The van der Waals surface area contributed by atoms with E-state index in [2.05, 4.69) is 4.98 Å². The number of pyridine rings is 1. The minimum absolute atomic E-state index is 0.266. The Morgan fingerprint density at radius 3 is 2.75 bits per heavy atom. The van der Waals surface area contributed by atoms with Crippen molar-refractivity contribution in [2.24, 2.45) is 0 Å². The fraction of sp³-hybridized carbons (Fsp3) is 0.318. The van der Waals surface area contributed by atoms with Crippen LogP contribution >= 0.6 is 0 Å². The number of methoxy groups -OCH3 is 1. The Labute approximate surface area is 162 Å². The SMILES string of the molecule is COC(=O)[C@@]1(C)CCCN1c1ccc2c(-c3ccccc3C)cc(=O)oc2n1. The van der Waals surface area contributed by atoms with E-state index in [1.807, 2.05) is 55.1 Å². The second-order valence-corrected chi connectivity index (χ2v) is 7.34. The van der Waals surface area contributed by atoms with E-state index < -0.39 is 11.2 Å². The third kappa shape index (κ3) is 2.85. The Bertz CT molecular complexity index is 1120. The van der Waals surface area contributed by atoms with Crippen molar-refractivity contribution in [2.45, 2.75) is 32.2 Å². The molecule has 0 saturated carbocycles. The summed E-state index contributed by atoms with van der Waals surface area (Å²) in [6.07, 6.45) is 1.55. The molecule has 3 aromatic rings. The first-order valence-electron chi connectivity index (χ1n) is 9.31. The number of nitrogens with zero attached hydrogens (tertiary/aromatic N) is 2. The number of hydrogen-bond donors (Lipinski definition) is 0. The Balaban J connectivity index is 1.86. The third-order valence-corrected chi connectivity index (χ3v) is 5.57. The number of ether oxygens (including phenoxy) is 1. The van der Waals surface area contributed by atoms with Crippen LogP contribution in [-0.4, -0.2) is 30.1 Å². The van der Waals surface area contributed by atoms with Crippen molar-refractivity contribution < 1.29 is 13.9 Å². The predicted octanol–water partition coefficient (Wildman–Crippen LogP) is 3.70. The van der Waals surface area contributed by atoms with Crippen LogP contribution in [0.3, 0.4) is 0 Å². The number of rotatable bonds is 3. The van der Waals surface area contributed by atoms with Crippen molar-refractivity contribution in [1.82, 2.24) is 4.98 Å². The lowest BCUT2D eigenvalue weighted by Gasteiger charge is -2.33. The zero-order valence-electron chi connectivity index (χ0n) is 16.2. The molecule has 0 N–H and O–H groups in total. The molecule has 0 amide bonds. The molecule has 0 unspecified atom stereocenters. The van der Waals surface area contributed by atoms with Crippen LogP contribution < -0.4 is 10.5 Å². The molecule has 0 aliphatic carbocycles. The van der Waals surface area contributed by atoms with Gasteiger partial charge < -0.3 is 14.1 Å². The first-order chi connectivity index (χ1) is 13.4. The second kappa shape index (κ2) is 6.78. The number of benzene rings is 1. The standard InChI is InChI=1S/C22H22N2O4/c1-14-7-4-5-8-15(14)17-13-19(25)28-20-16(17)9-10-18(23-20)24-12-6-11-22(24,2)21(26)27-3/h4-5,7-10,13H,6,11-12H2,1-3H3/t22-/m1/s1. The van der Waals surface area contributed by atoms with Crippen molar-refractivity contribution >= 4 is 22.9 Å². The number of anilines is 1. The summed E-state index contributed by atoms with van der Waals surface area (Å²) in [7, 11) is 1.39. The van der Waals surface area contributed by atoms with Gasteiger partial charge in [-0.15, -0.1) is 0 Å². The highest BCUT2D eigenvalue weighted by Crippen LogP contribution is 2.36. The van der Waals surface area contributed by atoms with Gasteiger partial charge >= 0.3 is 11.6 Å². The largest absolute Gasteiger partial charge is 0.467 e. The lowest BCUT2D eigenvalue weighted by molar-refractivity contribution is -0.146. The molecular formula is C22H22N2O4. The number of aryl methyl sites for hydroxylation is 1. The number of fused-ring (bicyclic) bond motifs is 1. The Hall–Kier alpha value is -3.15. The summed E-state index contributed by atoms with van der Waals surface area (Å²) in [6.45, 7) is 4.55. The molecule has 28 heavy (non-hydrogen) atoms. The van der Waals surface area contributed by atoms with Crippen LogP contribution in [0.5, 0.6) is 0 Å². The average molecular weight is 378 g/mol. The van der Waals surface area contributed by atoms with Gasteiger partial charge in [-0.2, -0.15) is 4.98 Å². The van der Waals surface area contributed by atoms with E-state index in [1.165, 1.54) is 13.2 Å². The first-order valence-corrected chi connectivity index (χ1v) is 9.31. The van der Waals surface area contributed by atoms with Gasteiger partial charge in [-0.3, -0.25) is 0 Å². The van der Waals surface area contributed by atoms with E-state index in [1.54, 1.807) is 0 Å². The van der Waals surface area contributed by atoms with Crippen molar-refractivity contribution in [3.05, 3.63) is 58.4 Å². The molecule has 2 aromatic heterocycles. The van der Waals surface area contributed by atoms with Crippen molar-refractivity contribution in [3.8, 4) is 11.1 Å². The van der Waals surface area contributed by atoms with Crippen LogP contribution in [0.1, 0.15) is 25.3 Å². The fourth-order valence-electron chi connectivity index (χ4n) is 4.04. The molecule has 6 heteroatoms. The Morgan fingerprint density at radius 2 is 2.00 bits per heavy atom. The molecule has 144 valence electrons. The summed E-state index contributed by atoms with van der Waals surface area (Å²) >= 11 is 0. The number of esters is 1. The maximum atomic E-state index is 12.3. The maximum absolute atomic E-state index is 12.3. The van der Waals surface area contributed by atoms with Gasteiger partial charge in [-0.1, -0.05) is 24.3 Å². The van der Waals surface area contributed by atoms with Crippen LogP contribution in [-0.2, 0) is 9.53 Å². The summed E-state index contributed by atoms with van der Waals surface area (Å²) < 4.78 is 10.4. The second-order valence-electron chi connectivity index (χ2n) is 7.34. The van der Waals surface area contributed by atoms with Gasteiger partial charge in [0.25, 0.3) is 0 Å². The van der Waals surface area contributed by atoms with Crippen LogP contribution in [0.4, 0.5) is 5.82 Å². The number of carbonyl (C=O) groups excluding carboxylic acids is 1. The van der Waals surface area contributed by atoms with Gasteiger partial charge in [0.2, 0.25) is 5.71 Å². The third-order valence-electron chi connectivity index (χ3n) is 5.57. The fourth-order valence-corrected chi connectivity index (χ4v) is 4.04. The summed E-state index contributed by atoms with van der Waals surface area (Å²) in [5.74, 6) is 0.310. The summed E-state index contributed by atoms with van der Waals surface area (Å²) in [5.41, 5.74) is 1.87. The molecule has 1 fully saturated rings. The van der Waals surface area contributed by atoms with E-state index in [9.17, 15) is 9.59 Å². The smallest absolute Gasteiger partial charge is 0.338 e. The number of hydrogen-bond acceptors (Lipinski definition) is 6. The van der Waals surface area contributed by atoms with Gasteiger partial charge in [0.1, 0.15) is 11.4 Å². The van der Waals surface area contributed by atoms with E-state index in [-0.39, 0.29) is 11.7 Å². The van der Waals surface area contributed by atoms with Crippen molar-refractivity contribution in [1.29, 1.82) is 0 Å². The average Bonchev–Trinajstić information content (AvgIpc) is 3.09.